The van der Waals surface area contributed by atoms with E-state index in [2.05, 4.69) is 29.4 Å². The van der Waals surface area contributed by atoms with E-state index in [-0.39, 0.29) is 0 Å². The minimum atomic E-state index is 0.305. The Hall–Kier alpha value is -0.890. The first kappa shape index (κ1) is 9.34. The molecule has 0 saturated carbocycles. The summed E-state index contributed by atoms with van der Waals surface area (Å²) in [6, 6.07) is 4.30. The summed E-state index contributed by atoms with van der Waals surface area (Å²) in [4.78, 5) is 4.59. The molecular formula is C13H18N2. The summed E-state index contributed by atoms with van der Waals surface area (Å²) < 4.78 is 0. The second-order valence-electron chi connectivity index (χ2n) is 5.09. The minimum Gasteiger partial charge on any atom is -0.311 e. The van der Waals surface area contributed by atoms with E-state index >= 15 is 0 Å². The van der Waals surface area contributed by atoms with Gasteiger partial charge >= 0.3 is 0 Å². The van der Waals surface area contributed by atoms with E-state index in [1.165, 1.54) is 43.5 Å². The lowest BCUT2D eigenvalue weighted by molar-refractivity contribution is 0.328. The molecule has 0 radical (unpaired) electrons. The molecule has 0 spiro atoms. The van der Waals surface area contributed by atoms with Gasteiger partial charge in [-0.2, -0.15) is 0 Å². The van der Waals surface area contributed by atoms with Gasteiger partial charge in [0, 0.05) is 23.3 Å². The molecule has 80 valence electrons. The average molecular weight is 202 g/mol. The lowest BCUT2D eigenvalue weighted by Gasteiger charge is -2.31. The van der Waals surface area contributed by atoms with Gasteiger partial charge in [-0.25, -0.2) is 0 Å². The Morgan fingerprint density at radius 3 is 3.27 bits per heavy atom. The number of fused-ring (bicyclic) bond motifs is 1. The Morgan fingerprint density at radius 2 is 2.47 bits per heavy atom. The molecule has 2 aliphatic rings. The number of hydrogen-bond donors (Lipinski definition) is 1. The molecule has 2 atom stereocenters. The van der Waals surface area contributed by atoms with Crippen LogP contribution in [0, 0.1) is 0 Å². The second-order valence-corrected chi connectivity index (χ2v) is 5.09. The molecule has 0 bridgehead atoms. The smallest absolute Gasteiger partial charge is 0.0484 e. The Morgan fingerprint density at radius 1 is 1.53 bits per heavy atom. The fourth-order valence-electron chi connectivity index (χ4n) is 3.25. The highest BCUT2D eigenvalue weighted by atomic mass is 15.0. The lowest BCUT2D eigenvalue weighted by Crippen LogP contribution is -2.41. The number of pyridine rings is 1. The Kier molecular flexibility index (Phi) is 2.06. The molecular weight excluding hydrogens is 184 g/mol. The fourth-order valence-corrected chi connectivity index (χ4v) is 3.25. The van der Waals surface area contributed by atoms with Gasteiger partial charge in [0.05, 0.1) is 0 Å². The molecule has 3 rings (SSSR count). The zero-order valence-corrected chi connectivity index (χ0v) is 9.29. The molecule has 0 aromatic carbocycles. The predicted octanol–water partition coefficient (Wildman–Crippen LogP) is 2.25. The van der Waals surface area contributed by atoms with Crippen LogP contribution in [0.1, 0.15) is 43.4 Å². The molecule has 2 heteroatoms. The molecule has 1 fully saturated rings. The fraction of sp³-hybridized carbons (Fsp3) is 0.615. The molecule has 2 unspecified atom stereocenters. The van der Waals surface area contributed by atoms with Crippen LogP contribution < -0.4 is 5.32 Å². The van der Waals surface area contributed by atoms with Crippen LogP contribution in [0.2, 0.25) is 0 Å². The zero-order chi connectivity index (χ0) is 10.3. The third kappa shape index (κ3) is 1.39. The van der Waals surface area contributed by atoms with Crippen molar-refractivity contribution >= 4 is 0 Å². The molecule has 1 N–H and O–H groups in total. The minimum absolute atomic E-state index is 0.305. The molecule has 2 heterocycles. The number of nitrogens with one attached hydrogen (secondary N) is 1. The molecule has 1 aromatic heterocycles. The van der Waals surface area contributed by atoms with Crippen molar-refractivity contribution in [3.8, 4) is 0 Å². The van der Waals surface area contributed by atoms with Gasteiger partial charge in [-0.3, -0.25) is 4.98 Å². The van der Waals surface area contributed by atoms with Gasteiger partial charge in [0.25, 0.3) is 0 Å². The van der Waals surface area contributed by atoms with Crippen molar-refractivity contribution < 1.29 is 0 Å². The third-order valence-corrected chi connectivity index (χ3v) is 4.13. The number of aryl methyl sites for hydroxylation is 1. The van der Waals surface area contributed by atoms with Crippen molar-refractivity contribution in [2.75, 3.05) is 6.54 Å². The summed E-state index contributed by atoms with van der Waals surface area (Å²) in [6.07, 6.45) is 7.04. The van der Waals surface area contributed by atoms with E-state index in [4.69, 9.17) is 0 Å². The van der Waals surface area contributed by atoms with E-state index in [0.717, 1.165) is 0 Å². The van der Waals surface area contributed by atoms with E-state index in [1.807, 2.05) is 6.20 Å². The van der Waals surface area contributed by atoms with Crippen molar-refractivity contribution in [2.45, 2.75) is 44.1 Å². The molecule has 15 heavy (non-hydrogen) atoms. The van der Waals surface area contributed by atoms with Crippen molar-refractivity contribution in [1.29, 1.82) is 0 Å². The van der Waals surface area contributed by atoms with Crippen LogP contribution in [0.4, 0.5) is 0 Å². The molecule has 1 aliphatic carbocycles. The molecule has 2 nitrogen and oxygen atoms in total. The third-order valence-electron chi connectivity index (χ3n) is 4.13. The van der Waals surface area contributed by atoms with Crippen LogP contribution in [-0.2, 0) is 6.42 Å². The predicted molar refractivity (Wildman–Crippen MR) is 60.9 cm³/mol. The lowest BCUT2D eigenvalue weighted by atomic mass is 9.82. The topological polar surface area (TPSA) is 24.9 Å². The first-order valence-electron chi connectivity index (χ1n) is 5.98. The average Bonchev–Trinajstić information content (AvgIpc) is 2.84. The maximum Gasteiger partial charge on any atom is 0.0484 e. The maximum absolute atomic E-state index is 4.59. The maximum atomic E-state index is 4.59. The van der Waals surface area contributed by atoms with Crippen LogP contribution in [0.3, 0.4) is 0 Å². The SMILES string of the molecule is CC1(C2CCc3cccnc32)CCCN1. The molecule has 0 amide bonds. The normalized spacial score (nSPS) is 34.3. The van der Waals surface area contributed by atoms with Gasteiger partial charge < -0.3 is 5.32 Å². The monoisotopic (exact) mass is 202 g/mol. The highest BCUT2D eigenvalue weighted by Crippen LogP contribution is 2.42. The molecule has 1 aromatic rings. The highest BCUT2D eigenvalue weighted by Gasteiger charge is 2.41. The number of hydrogen-bond acceptors (Lipinski definition) is 2. The Balaban J connectivity index is 1.96. The van der Waals surface area contributed by atoms with Crippen molar-refractivity contribution in [1.82, 2.24) is 10.3 Å². The Labute approximate surface area is 91.1 Å². The number of aromatic nitrogens is 1. The Bertz CT molecular complexity index is 367. The first-order chi connectivity index (χ1) is 7.30. The van der Waals surface area contributed by atoms with E-state index in [9.17, 15) is 0 Å². The van der Waals surface area contributed by atoms with Gasteiger partial charge in [-0.05, 0) is 50.8 Å². The first-order valence-corrected chi connectivity index (χ1v) is 5.98. The van der Waals surface area contributed by atoms with Crippen molar-refractivity contribution in [3.63, 3.8) is 0 Å². The van der Waals surface area contributed by atoms with Gasteiger partial charge in [0.1, 0.15) is 0 Å². The van der Waals surface area contributed by atoms with E-state index in [1.54, 1.807) is 0 Å². The quantitative estimate of drug-likeness (QED) is 0.755. The summed E-state index contributed by atoms with van der Waals surface area (Å²) >= 11 is 0. The standard InChI is InChI=1S/C13H18N2/c1-13(7-3-9-15-13)11-6-5-10-4-2-8-14-12(10)11/h2,4,8,11,15H,3,5-7,9H2,1H3. The number of nitrogens with zero attached hydrogens (tertiary/aromatic N) is 1. The van der Waals surface area contributed by atoms with Gasteiger partial charge in [0.15, 0.2) is 0 Å². The van der Waals surface area contributed by atoms with Crippen LogP contribution >= 0.6 is 0 Å². The summed E-state index contributed by atoms with van der Waals surface area (Å²) in [5, 5.41) is 3.68. The summed E-state index contributed by atoms with van der Waals surface area (Å²) in [7, 11) is 0. The van der Waals surface area contributed by atoms with Crippen molar-refractivity contribution in [3.05, 3.63) is 29.6 Å². The van der Waals surface area contributed by atoms with Gasteiger partial charge in [0.2, 0.25) is 0 Å². The van der Waals surface area contributed by atoms with Gasteiger partial charge in [-0.15, -0.1) is 0 Å². The highest BCUT2D eigenvalue weighted by molar-refractivity contribution is 5.32. The zero-order valence-electron chi connectivity index (χ0n) is 9.29. The van der Waals surface area contributed by atoms with E-state index in [0.29, 0.717) is 11.5 Å². The summed E-state index contributed by atoms with van der Waals surface area (Å²) in [5.41, 5.74) is 3.13. The van der Waals surface area contributed by atoms with E-state index < -0.39 is 0 Å². The van der Waals surface area contributed by atoms with Crippen LogP contribution in [0.5, 0.6) is 0 Å². The van der Waals surface area contributed by atoms with Crippen LogP contribution in [0.25, 0.3) is 0 Å². The summed E-state index contributed by atoms with van der Waals surface area (Å²) in [6.45, 7) is 3.55. The summed E-state index contributed by atoms with van der Waals surface area (Å²) in [5.74, 6) is 0.635. The van der Waals surface area contributed by atoms with Crippen LogP contribution in [-0.4, -0.2) is 17.1 Å². The molecule has 1 saturated heterocycles. The van der Waals surface area contributed by atoms with Crippen LogP contribution in [0.15, 0.2) is 18.3 Å². The van der Waals surface area contributed by atoms with Crippen molar-refractivity contribution in [2.24, 2.45) is 0 Å². The number of rotatable bonds is 1. The largest absolute Gasteiger partial charge is 0.311 e. The molecule has 1 aliphatic heterocycles. The second kappa shape index (κ2) is 3.31. The van der Waals surface area contributed by atoms with Gasteiger partial charge in [-0.1, -0.05) is 6.07 Å².